The Morgan fingerprint density at radius 1 is 1.13 bits per heavy atom. The second-order valence-electron chi connectivity index (χ2n) is 5.18. The number of benzene rings is 2. The quantitative estimate of drug-likeness (QED) is 0.538. The van der Waals surface area contributed by atoms with Crippen LogP contribution in [0.1, 0.15) is 11.1 Å². The van der Waals surface area contributed by atoms with E-state index in [4.69, 9.17) is 4.74 Å². The number of carbonyl (C=O) groups is 1. The molecule has 3 rings (SSSR count). The molecule has 0 bridgehead atoms. The Labute approximate surface area is 135 Å². The maximum absolute atomic E-state index is 12.6. The molecule has 113 valence electrons. The van der Waals surface area contributed by atoms with E-state index in [1.807, 2.05) is 48.5 Å². The Morgan fingerprint density at radius 3 is 2.13 bits per heavy atom. The van der Waals surface area contributed by atoms with Gasteiger partial charge in [-0.2, -0.15) is 5.26 Å². The fourth-order valence-corrected chi connectivity index (χ4v) is 2.56. The smallest absolute Gasteiger partial charge is 0.264 e. The molecule has 0 spiro atoms. The van der Waals surface area contributed by atoms with Gasteiger partial charge in [-0.05, 0) is 19.1 Å². The lowest BCUT2D eigenvalue weighted by Gasteiger charge is -2.24. The summed E-state index contributed by atoms with van der Waals surface area (Å²) >= 11 is 0. The zero-order chi connectivity index (χ0) is 16.4. The van der Waals surface area contributed by atoms with Gasteiger partial charge in [0.05, 0.1) is 0 Å². The molecule has 23 heavy (non-hydrogen) atoms. The van der Waals surface area contributed by atoms with Gasteiger partial charge in [0.2, 0.25) is 0 Å². The third-order valence-electron chi connectivity index (χ3n) is 3.79. The van der Waals surface area contributed by atoms with E-state index >= 15 is 0 Å². The van der Waals surface area contributed by atoms with Crippen molar-refractivity contribution in [3.63, 3.8) is 0 Å². The fourth-order valence-electron chi connectivity index (χ4n) is 2.56. The summed E-state index contributed by atoms with van der Waals surface area (Å²) < 4.78 is 5.89. The monoisotopic (exact) mass is 303 g/mol. The number of fused-ring (bicyclic) bond motifs is 2. The van der Waals surface area contributed by atoms with Gasteiger partial charge in [-0.1, -0.05) is 36.4 Å². The van der Waals surface area contributed by atoms with Gasteiger partial charge in [0.25, 0.3) is 5.91 Å². The second-order valence-corrected chi connectivity index (χ2v) is 5.18. The lowest BCUT2D eigenvalue weighted by Crippen LogP contribution is -2.28. The average molecular weight is 303 g/mol. The van der Waals surface area contributed by atoms with Crippen LogP contribution in [0.25, 0.3) is 5.57 Å². The van der Waals surface area contributed by atoms with Crippen LogP contribution in [0.5, 0.6) is 11.5 Å². The zero-order valence-electron chi connectivity index (χ0n) is 12.7. The summed E-state index contributed by atoms with van der Waals surface area (Å²) in [7, 11) is 1.63. The molecule has 2 aromatic rings. The molecule has 4 nitrogen and oxygen atoms in total. The molecule has 1 aliphatic rings. The van der Waals surface area contributed by atoms with Gasteiger partial charge >= 0.3 is 0 Å². The number of para-hydroxylation sites is 2. The molecule has 4 heteroatoms. The molecule has 1 heterocycles. The summed E-state index contributed by atoms with van der Waals surface area (Å²) in [6.07, 6.45) is 0. The van der Waals surface area contributed by atoms with Crippen LogP contribution in [0.2, 0.25) is 0 Å². The highest BCUT2D eigenvalue weighted by atomic mass is 16.5. The van der Waals surface area contributed by atoms with Crippen molar-refractivity contribution in [1.82, 2.24) is 4.90 Å². The van der Waals surface area contributed by atoms with Gasteiger partial charge in [-0.15, -0.1) is 0 Å². The lowest BCUT2D eigenvalue weighted by atomic mass is 9.90. The minimum atomic E-state index is -0.344. The standard InChI is InChI=1S/C19H15N2O2/c1-3-21(2)19(22)15(12-20)18-13-8-4-6-10-16(13)23-17-11-7-5-9-14(17)18/h4-11H,1,3H2,2H3. The molecular formula is C19H15N2O2. The van der Waals surface area contributed by atoms with Crippen LogP contribution in [-0.2, 0) is 4.79 Å². The number of nitrogens with zero attached hydrogens (tertiary/aromatic N) is 2. The number of rotatable bonds is 2. The highest BCUT2D eigenvalue weighted by molar-refractivity contribution is 6.09. The molecular weight excluding hydrogens is 288 g/mol. The van der Waals surface area contributed by atoms with E-state index in [-0.39, 0.29) is 18.0 Å². The highest BCUT2D eigenvalue weighted by Gasteiger charge is 2.28. The second kappa shape index (κ2) is 5.98. The third kappa shape index (κ3) is 2.47. The Morgan fingerprint density at radius 2 is 1.65 bits per heavy atom. The Bertz CT molecular complexity index is 799. The van der Waals surface area contributed by atoms with Crippen LogP contribution in [0, 0.1) is 18.3 Å². The van der Waals surface area contributed by atoms with Crippen LogP contribution < -0.4 is 4.74 Å². The SMILES string of the molecule is [CH2]CN(C)C(=O)C(C#N)=C1c2ccccc2Oc2ccccc21. The van der Waals surface area contributed by atoms with Crippen molar-refractivity contribution < 1.29 is 9.53 Å². The third-order valence-corrected chi connectivity index (χ3v) is 3.79. The summed E-state index contributed by atoms with van der Waals surface area (Å²) in [5.74, 6) is 0.932. The summed E-state index contributed by atoms with van der Waals surface area (Å²) in [5, 5.41) is 9.63. The molecule has 0 saturated heterocycles. The van der Waals surface area contributed by atoms with Crippen LogP contribution in [0.4, 0.5) is 0 Å². The number of likely N-dealkylation sites (N-methyl/N-ethyl adjacent to an activating group) is 1. The molecule has 2 aromatic carbocycles. The minimum Gasteiger partial charge on any atom is -0.456 e. The van der Waals surface area contributed by atoms with Gasteiger partial charge in [0, 0.05) is 30.3 Å². The van der Waals surface area contributed by atoms with Crippen molar-refractivity contribution in [2.75, 3.05) is 13.6 Å². The summed E-state index contributed by atoms with van der Waals surface area (Å²) in [4.78, 5) is 14.0. The molecule has 1 radical (unpaired) electrons. The first-order valence-corrected chi connectivity index (χ1v) is 7.23. The number of hydrogen-bond donors (Lipinski definition) is 0. The topological polar surface area (TPSA) is 53.3 Å². The first-order chi connectivity index (χ1) is 11.2. The molecule has 1 amide bonds. The summed E-state index contributed by atoms with van der Waals surface area (Å²) in [6.45, 7) is 3.99. The van der Waals surface area contributed by atoms with Gasteiger partial charge < -0.3 is 9.64 Å². The highest BCUT2D eigenvalue weighted by Crippen LogP contribution is 2.44. The van der Waals surface area contributed by atoms with E-state index in [0.29, 0.717) is 17.1 Å². The summed E-state index contributed by atoms with van der Waals surface area (Å²) in [6, 6.07) is 16.9. The maximum atomic E-state index is 12.6. The Balaban J connectivity index is 2.31. The fraction of sp³-hybridized carbons (Fsp3) is 0.105. The largest absolute Gasteiger partial charge is 0.456 e. The first kappa shape index (κ1) is 14.9. The molecule has 0 unspecified atom stereocenters. The molecule has 0 saturated carbocycles. The van der Waals surface area contributed by atoms with E-state index < -0.39 is 0 Å². The Kier molecular flexibility index (Phi) is 3.86. The maximum Gasteiger partial charge on any atom is 0.264 e. The molecule has 1 aliphatic heterocycles. The van der Waals surface area contributed by atoms with Crippen LogP contribution >= 0.6 is 0 Å². The van der Waals surface area contributed by atoms with E-state index in [1.165, 1.54) is 4.90 Å². The van der Waals surface area contributed by atoms with E-state index in [0.717, 1.165) is 11.1 Å². The van der Waals surface area contributed by atoms with Crippen molar-refractivity contribution >= 4 is 11.5 Å². The van der Waals surface area contributed by atoms with Crippen molar-refractivity contribution in [3.05, 3.63) is 72.2 Å². The van der Waals surface area contributed by atoms with Gasteiger partial charge in [-0.3, -0.25) is 4.79 Å². The Hall–Kier alpha value is -3.06. The summed E-state index contributed by atoms with van der Waals surface area (Å²) in [5.41, 5.74) is 2.19. The number of ether oxygens (including phenoxy) is 1. The van der Waals surface area contributed by atoms with Crippen molar-refractivity contribution in [1.29, 1.82) is 5.26 Å². The normalized spacial score (nSPS) is 11.6. The van der Waals surface area contributed by atoms with Gasteiger partial charge in [0.1, 0.15) is 23.1 Å². The first-order valence-electron chi connectivity index (χ1n) is 7.23. The molecule has 0 atom stereocenters. The van der Waals surface area contributed by atoms with E-state index in [9.17, 15) is 10.1 Å². The predicted molar refractivity (Wildman–Crippen MR) is 87.6 cm³/mol. The minimum absolute atomic E-state index is 0.0966. The van der Waals surface area contributed by atoms with Crippen LogP contribution in [0.15, 0.2) is 54.1 Å². The number of nitriles is 1. The van der Waals surface area contributed by atoms with E-state index in [1.54, 1.807) is 7.05 Å². The number of amides is 1. The van der Waals surface area contributed by atoms with Crippen molar-refractivity contribution in [2.24, 2.45) is 0 Å². The van der Waals surface area contributed by atoms with E-state index in [2.05, 4.69) is 13.0 Å². The van der Waals surface area contributed by atoms with Crippen molar-refractivity contribution in [3.8, 4) is 17.6 Å². The molecule has 0 fully saturated rings. The predicted octanol–water partition coefficient (Wildman–Crippen LogP) is 3.41. The molecule has 0 N–H and O–H groups in total. The molecule has 0 aromatic heterocycles. The number of carbonyl (C=O) groups excluding carboxylic acids is 1. The van der Waals surface area contributed by atoms with Crippen LogP contribution in [0.3, 0.4) is 0 Å². The lowest BCUT2D eigenvalue weighted by molar-refractivity contribution is -0.124. The van der Waals surface area contributed by atoms with Gasteiger partial charge in [-0.25, -0.2) is 0 Å². The van der Waals surface area contributed by atoms with Crippen molar-refractivity contribution in [2.45, 2.75) is 0 Å². The zero-order valence-corrected chi connectivity index (χ0v) is 12.7. The number of hydrogen-bond acceptors (Lipinski definition) is 3. The van der Waals surface area contributed by atoms with Gasteiger partial charge in [0.15, 0.2) is 0 Å². The van der Waals surface area contributed by atoms with Crippen LogP contribution in [-0.4, -0.2) is 24.4 Å². The average Bonchev–Trinajstić information content (AvgIpc) is 2.60. The molecule has 0 aliphatic carbocycles.